The Balaban J connectivity index is 3.60. The minimum Gasteiger partial charge on any atom is -0.458 e. The number of hydrogen-bond acceptors (Lipinski definition) is 6. The molecule has 0 spiro atoms. The highest BCUT2D eigenvalue weighted by Gasteiger charge is 2.17. The first-order valence-corrected chi connectivity index (χ1v) is 16.7. The van der Waals surface area contributed by atoms with E-state index in [1.54, 1.807) is 0 Å². The van der Waals surface area contributed by atoms with Gasteiger partial charge in [-0.2, -0.15) is 0 Å². The third-order valence-electron chi connectivity index (χ3n) is 6.57. The highest BCUT2D eigenvalue weighted by Crippen LogP contribution is 2.33. The maximum Gasteiger partial charge on any atom is 0.329 e. The predicted octanol–water partition coefficient (Wildman–Crippen LogP) is 7.94. The first kappa shape index (κ1) is 37.7. The van der Waals surface area contributed by atoms with Crippen molar-refractivity contribution in [1.82, 2.24) is 0 Å². The van der Waals surface area contributed by atoms with Gasteiger partial charge in [0.25, 0.3) is 0 Å². The molecule has 0 fully saturated rings. The fourth-order valence-electron chi connectivity index (χ4n) is 4.33. The summed E-state index contributed by atoms with van der Waals surface area (Å²) in [5.74, 6) is -0.381. The molecule has 8 heteroatoms. The van der Waals surface area contributed by atoms with E-state index in [4.69, 9.17) is 18.5 Å². The molecule has 7 nitrogen and oxygen atoms in total. The lowest BCUT2D eigenvalue weighted by atomic mass is 10.0. The molecule has 38 heavy (non-hydrogen) atoms. The van der Waals surface area contributed by atoms with Crippen LogP contribution in [0.25, 0.3) is 0 Å². The number of hydrogen-bond donors (Lipinski definition) is 1. The quantitative estimate of drug-likeness (QED) is 0.0430. The maximum atomic E-state index is 11.4. The van der Waals surface area contributed by atoms with E-state index in [9.17, 15) is 9.69 Å². The van der Waals surface area contributed by atoms with Crippen molar-refractivity contribution in [3.63, 3.8) is 0 Å². The van der Waals surface area contributed by atoms with Crippen molar-refractivity contribution in [2.24, 2.45) is 0 Å². The molecule has 0 aliphatic carbocycles. The van der Waals surface area contributed by atoms with Crippen molar-refractivity contribution in [2.75, 3.05) is 54.1 Å². The number of ether oxygens (including phenoxy) is 2. The Bertz CT molecular complexity index is 517. The van der Waals surface area contributed by atoms with Crippen LogP contribution in [0.3, 0.4) is 0 Å². The van der Waals surface area contributed by atoms with Crippen LogP contribution in [-0.2, 0) is 23.3 Å². The number of esters is 1. The van der Waals surface area contributed by atoms with Gasteiger partial charge in [-0.3, -0.25) is 4.79 Å². The van der Waals surface area contributed by atoms with Crippen molar-refractivity contribution < 1.29 is 32.7 Å². The van der Waals surface area contributed by atoms with Gasteiger partial charge in [-0.15, -0.1) is 0 Å². The van der Waals surface area contributed by atoms with Crippen LogP contribution in [0.1, 0.15) is 129 Å². The maximum absolute atomic E-state index is 11.4. The molecule has 2 atom stereocenters. The van der Waals surface area contributed by atoms with Crippen LogP contribution >= 0.6 is 8.60 Å². The van der Waals surface area contributed by atoms with E-state index < -0.39 is 14.7 Å². The van der Waals surface area contributed by atoms with Gasteiger partial charge in [0, 0.05) is 13.5 Å². The highest BCUT2D eigenvalue weighted by molar-refractivity contribution is 7.40. The fraction of sp³-hybridized carbons (Fsp3) is 0.967. The molecule has 0 radical (unpaired) electrons. The molecule has 0 aliphatic heterocycles. The highest BCUT2D eigenvalue weighted by atomic mass is 31.2. The predicted molar refractivity (Wildman–Crippen MR) is 159 cm³/mol. The monoisotopic (exact) mass is 564 g/mol. The zero-order valence-corrected chi connectivity index (χ0v) is 26.6. The van der Waals surface area contributed by atoms with Gasteiger partial charge >= 0.3 is 14.6 Å². The molecule has 0 bridgehead atoms. The van der Waals surface area contributed by atoms with Crippen molar-refractivity contribution in [1.29, 1.82) is 0 Å². The Hall–Kier alpha value is -0.300. The molecule has 2 unspecified atom stereocenters. The van der Waals surface area contributed by atoms with Crippen LogP contribution in [0.2, 0.25) is 0 Å². The van der Waals surface area contributed by atoms with E-state index in [0.717, 1.165) is 36.7 Å². The van der Waals surface area contributed by atoms with Gasteiger partial charge in [-0.1, -0.05) is 103 Å². The fourth-order valence-corrected chi connectivity index (χ4v) is 4.99. The molecular formula is C30H63NO6P+. The Morgan fingerprint density at radius 2 is 1.16 bits per heavy atom. The molecular weight excluding hydrogens is 501 g/mol. The van der Waals surface area contributed by atoms with Gasteiger partial charge in [0.15, 0.2) is 0 Å². The summed E-state index contributed by atoms with van der Waals surface area (Å²) in [5.41, 5.74) is 0. The van der Waals surface area contributed by atoms with Gasteiger partial charge in [0.05, 0.1) is 47.5 Å². The summed E-state index contributed by atoms with van der Waals surface area (Å²) in [6.45, 7) is 6.14. The van der Waals surface area contributed by atoms with Crippen LogP contribution in [0, 0.1) is 0 Å². The van der Waals surface area contributed by atoms with Crippen LogP contribution in [0.15, 0.2) is 0 Å². The molecule has 228 valence electrons. The summed E-state index contributed by atoms with van der Waals surface area (Å²) >= 11 is 0. The first-order valence-electron chi connectivity index (χ1n) is 15.5. The van der Waals surface area contributed by atoms with Gasteiger partial charge in [-0.25, -0.2) is 0 Å². The summed E-state index contributed by atoms with van der Waals surface area (Å²) in [4.78, 5) is 21.3. The molecule has 1 N–H and O–H groups in total. The largest absolute Gasteiger partial charge is 0.458 e. The SMILES string of the molecule is CCCCCCCCCCCCCCCCCCOCC(COP(O)OCCCC[N+](C)(C)C)OC(C)=O. The number of quaternary nitrogens is 1. The third-order valence-corrected chi connectivity index (χ3v) is 7.35. The van der Waals surface area contributed by atoms with Gasteiger partial charge in [0.2, 0.25) is 0 Å². The van der Waals surface area contributed by atoms with E-state index >= 15 is 0 Å². The molecule has 0 saturated carbocycles. The number of rotatable bonds is 29. The topological polar surface area (TPSA) is 74.2 Å². The lowest BCUT2D eigenvalue weighted by Crippen LogP contribution is -2.35. The van der Waals surface area contributed by atoms with Gasteiger partial charge in [0.1, 0.15) is 6.10 Å². The molecule has 0 amide bonds. The summed E-state index contributed by atoms with van der Waals surface area (Å²) in [6, 6.07) is 0. The zero-order valence-electron chi connectivity index (χ0n) is 25.7. The second-order valence-corrected chi connectivity index (χ2v) is 12.7. The average Bonchev–Trinajstić information content (AvgIpc) is 2.85. The molecule has 0 saturated heterocycles. The van der Waals surface area contributed by atoms with E-state index in [-0.39, 0.29) is 19.2 Å². The average molecular weight is 565 g/mol. The Labute approximate surface area is 236 Å². The van der Waals surface area contributed by atoms with Crippen molar-refractivity contribution in [3.05, 3.63) is 0 Å². The lowest BCUT2D eigenvalue weighted by Gasteiger charge is -2.23. The smallest absolute Gasteiger partial charge is 0.329 e. The van der Waals surface area contributed by atoms with Gasteiger partial charge in [-0.05, 0) is 19.3 Å². The summed E-state index contributed by atoms with van der Waals surface area (Å²) in [7, 11) is 4.48. The summed E-state index contributed by atoms with van der Waals surface area (Å²) in [6.07, 6.45) is 22.8. The molecule has 0 heterocycles. The summed E-state index contributed by atoms with van der Waals surface area (Å²) in [5, 5.41) is 0. The normalized spacial score (nSPS) is 13.5. The molecule has 0 rings (SSSR count). The third kappa shape index (κ3) is 30.2. The van der Waals surface area contributed by atoms with Crippen molar-refractivity contribution >= 4 is 14.6 Å². The minimum absolute atomic E-state index is 0.0691. The first-order chi connectivity index (χ1) is 18.2. The van der Waals surface area contributed by atoms with Crippen molar-refractivity contribution in [3.8, 4) is 0 Å². The van der Waals surface area contributed by atoms with Gasteiger partial charge < -0.3 is 27.9 Å². The van der Waals surface area contributed by atoms with Crippen molar-refractivity contribution in [2.45, 2.75) is 136 Å². The standard InChI is InChI=1S/C30H63NO6P/c1-6-7-8-9-10-11-12-13-14-15-16-17-18-19-20-22-25-34-27-30(37-29(2)32)28-36-38(33)35-26-23-21-24-31(3,4)5/h30,33H,6-28H2,1-5H3/q+1. The van der Waals surface area contributed by atoms with Crippen LogP contribution in [0.5, 0.6) is 0 Å². The zero-order chi connectivity index (χ0) is 28.3. The second kappa shape index (κ2) is 26.9. The number of unbranched alkanes of at least 4 members (excludes halogenated alkanes) is 16. The minimum atomic E-state index is -1.98. The Morgan fingerprint density at radius 1 is 0.684 bits per heavy atom. The van der Waals surface area contributed by atoms with Crippen LogP contribution in [-0.4, -0.2) is 75.6 Å². The van der Waals surface area contributed by atoms with E-state index in [0.29, 0.717) is 13.2 Å². The molecule has 0 aliphatic rings. The Morgan fingerprint density at radius 3 is 1.63 bits per heavy atom. The number of carbonyl (C=O) groups excluding carboxylic acids is 1. The Kier molecular flexibility index (Phi) is 26.7. The van der Waals surface area contributed by atoms with E-state index in [1.165, 1.54) is 96.8 Å². The molecule has 0 aromatic carbocycles. The second-order valence-electron chi connectivity index (χ2n) is 11.7. The lowest BCUT2D eigenvalue weighted by molar-refractivity contribution is -0.870. The van der Waals surface area contributed by atoms with E-state index in [2.05, 4.69) is 28.1 Å². The number of nitrogens with zero attached hydrogens (tertiary/aromatic N) is 1. The number of carbonyl (C=O) groups is 1. The molecule has 0 aromatic heterocycles. The van der Waals surface area contributed by atoms with Crippen LogP contribution in [0.4, 0.5) is 0 Å². The van der Waals surface area contributed by atoms with Crippen LogP contribution < -0.4 is 0 Å². The molecule has 0 aromatic rings. The van der Waals surface area contributed by atoms with E-state index in [1.807, 2.05) is 0 Å². The summed E-state index contributed by atoms with van der Waals surface area (Å²) < 4.78 is 22.6.